The first-order chi connectivity index (χ1) is 6.69. The predicted molar refractivity (Wildman–Crippen MR) is 62.1 cm³/mol. The van der Waals surface area contributed by atoms with Crippen molar-refractivity contribution in [3.8, 4) is 0 Å². The van der Waals surface area contributed by atoms with E-state index in [1.165, 1.54) is 0 Å². The van der Waals surface area contributed by atoms with Crippen LogP contribution in [0.2, 0.25) is 0 Å². The van der Waals surface area contributed by atoms with Crippen LogP contribution < -0.4 is 5.32 Å². The van der Waals surface area contributed by atoms with E-state index in [4.69, 9.17) is 0 Å². The van der Waals surface area contributed by atoms with Crippen molar-refractivity contribution in [2.45, 2.75) is 27.2 Å². The second-order valence-electron chi connectivity index (χ2n) is 3.48. The fourth-order valence-corrected chi connectivity index (χ4v) is 1.19. The van der Waals surface area contributed by atoms with Crippen molar-refractivity contribution in [2.75, 3.05) is 0 Å². The van der Waals surface area contributed by atoms with Crippen molar-refractivity contribution in [3.63, 3.8) is 0 Å². The molecule has 1 aliphatic rings. The zero-order valence-electron chi connectivity index (χ0n) is 9.17. The third-order valence-corrected chi connectivity index (χ3v) is 2.50. The molecule has 76 valence electrons. The Labute approximate surface area is 86.1 Å². The van der Waals surface area contributed by atoms with E-state index in [9.17, 15) is 0 Å². The average Bonchev–Trinajstić information content (AvgIpc) is 2.63. The highest BCUT2D eigenvalue weighted by molar-refractivity contribution is 6.04. The molecule has 0 spiro atoms. The standard InChI is InChI=1S/C12H18N2/c1-5-9(3)10(4)14-12-11(6-2)7-8-13-12/h6-9H,4-5H2,1-3H3,(H,13,14)/b11-6-. The Morgan fingerprint density at radius 1 is 1.71 bits per heavy atom. The molecule has 0 aromatic heterocycles. The number of hydrogen-bond acceptors (Lipinski definition) is 1. The van der Waals surface area contributed by atoms with Crippen LogP contribution >= 0.6 is 0 Å². The quantitative estimate of drug-likeness (QED) is 0.727. The van der Waals surface area contributed by atoms with Crippen molar-refractivity contribution in [1.82, 2.24) is 5.32 Å². The number of rotatable bonds is 3. The Bertz CT molecular complexity index is 308. The highest BCUT2D eigenvalue weighted by atomic mass is 15.0. The monoisotopic (exact) mass is 190 g/mol. The summed E-state index contributed by atoms with van der Waals surface area (Å²) >= 11 is 0. The van der Waals surface area contributed by atoms with Crippen LogP contribution in [0, 0.1) is 5.92 Å². The molecule has 0 radical (unpaired) electrons. The number of aliphatic imine (C=N–C) groups is 1. The van der Waals surface area contributed by atoms with E-state index in [2.05, 4.69) is 30.7 Å². The molecule has 14 heavy (non-hydrogen) atoms. The third-order valence-electron chi connectivity index (χ3n) is 2.50. The third kappa shape index (κ3) is 2.34. The Kier molecular flexibility index (Phi) is 3.69. The average molecular weight is 190 g/mol. The molecule has 0 amide bonds. The highest BCUT2D eigenvalue weighted by Gasteiger charge is 2.09. The minimum absolute atomic E-state index is 0.447. The molecule has 0 saturated heterocycles. The van der Waals surface area contributed by atoms with Crippen LogP contribution in [-0.4, -0.2) is 5.84 Å². The molecule has 2 nitrogen and oxygen atoms in total. The first-order valence-corrected chi connectivity index (χ1v) is 5.06. The second kappa shape index (κ2) is 4.80. The molecule has 0 aromatic carbocycles. The molecule has 0 saturated carbocycles. The van der Waals surface area contributed by atoms with E-state index in [-0.39, 0.29) is 0 Å². The van der Waals surface area contributed by atoms with Crippen LogP contribution in [0.5, 0.6) is 0 Å². The maximum Gasteiger partial charge on any atom is 0.137 e. The normalized spacial score (nSPS) is 22.8. The van der Waals surface area contributed by atoms with Crippen LogP contribution in [0.1, 0.15) is 27.2 Å². The van der Waals surface area contributed by atoms with Gasteiger partial charge in [-0.05, 0) is 25.3 Å². The largest absolute Gasteiger partial charge is 0.346 e. The van der Waals surface area contributed by atoms with Crippen molar-refractivity contribution < 1.29 is 0 Å². The van der Waals surface area contributed by atoms with Gasteiger partial charge in [0.05, 0.1) is 0 Å². The Balaban J connectivity index is 2.75. The summed E-state index contributed by atoms with van der Waals surface area (Å²) in [4.78, 5) is 4.48. The van der Waals surface area contributed by atoms with Crippen LogP contribution in [-0.2, 0) is 0 Å². The summed E-state index contributed by atoms with van der Waals surface area (Å²) < 4.78 is 0. The van der Waals surface area contributed by atoms with E-state index >= 15 is 0 Å². The molecule has 1 aliphatic heterocycles. The second-order valence-corrected chi connectivity index (χ2v) is 3.48. The number of nitrogens with zero attached hydrogens (tertiary/aromatic N) is 1. The van der Waals surface area contributed by atoms with Crippen molar-refractivity contribution in [3.05, 3.63) is 36.2 Å². The number of nitrogens with one attached hydrogen (secondary N) is 1. The molecule has 1 heterocycles. The smallest absolute Gasteiger partial charge is 0.137 e. The fraction of sp³-hybridized carbons (Fsp3) is 0.417. The van der Waals surface area contributed by atoms with Gasteiger partial charge >= 0.3 is 0 Å². The van der Waals surface area contributed by atoms with E-state index in [1.807, 2.05) is 25.3 Å². The Morgan fingerprint density at radius 3 is 3.00 bits per heavy atom. The summed E-state index contributed by atoms with van der Waals surface area (Å²) in [5, 5.41) is 3.11. The van der Waals surface area contributed by atoms with Gasteiger partial charge in [-0.3, -0.25) is 0 Å². The Hall–Kier alpha value is -1.31. The van der Waals surface area contributed by atoms with Gasteiger partial charge in [0.25, 0.3) is 0 Å². The Morgan fingerprint density at radius 2 is 2.43 bits per heavy atom. The van der Waals surface area contributed by atoms with E-state index < -0.39 is 0 Å². The summed E-state index contributed by atoms with van der Waals surface area (Å²) in [6.07, 6.45) is 7.04. The lowest BCUT2D eigenvalue weighted by Gasteiger charge is -2.09. The van der Waals surface area contributed by atoms with Gasteiger partial charge < -0.3 is 5.32 Å². The molecule has 0 aliphatic carbocycles. The summed E-state index contributed by atoms with van der Waals surface area (Å²) in [6.45, 7) is 10.3. The van der Waals surface area contributed by atoms with Gasteiger partial charge in [0.15, 0.2) is 0 Å². The molecular formula is C12H18N2. The number of hydrogen-bond donors (Lipinski definition) is 1. The van der Waals surface area contributed by atoms with E-state index in [0.29, 0.717) is 5.92 Å². The maximum atomic E-state index is 4.48. The molecule has 0 aromatic rings. The SMILES string of the molecule is C=C(/N=C1/NC=C/C1=C/C)C(C)CC. The molecule has 0 fully saturated rings. The van der Waals surface area contributed by atoms with Crippen molar-refractivity contribution in [1.29, 1.82) is 0 Å². The fourth-order valence-electron chi connectivity index (χ4n) is 1.19. The van der Waals surface area contributed by atoms with E-state index in [1.54, 1.807) is 0 Å². The van der Waals surface area contributed by atoms with Gasteiger partial charge in [0.2, 0.25) is 0 Å². The molecule has 1 N–H and O–H groups in total. The number of amidine groups is 1. The van der Waals surface area contributed by atoms with Gasteiger partial charge in [-0.15, -0.1) is 0 Å². The summed E-state index contributed by atoms with van der Waals surface area (Å²) in [6, 6.07) is 0. The first-order valence-electron chi connectivity index (χ1n) is 5.06. The summed E-state index contributed by atoms with van der Waals surface area (Å²) in [5.74, 6) is 1.36. The summed E-state index contributed by atoms with van der Waals surface area (Å²) in [5.41, 5.74) is 2.08. The summed E-state index contributed by atoms with van der Waals surface area (Å²) in [7, 11) is 0. The molecule has 1 rings (SSSR count). The molecule has 2 heteroatoms. The zero-order valence-corrected chi connectivity index (χ0v) is 9.17. The minimum atomic E-state index is 0.447. The van der Waals surface area contributed by atoms with Crippen molar-refractivity contribution in [2.24, 2.45) is 10.9 Å². The lowest BCUT2D eigenvalue weighted by molar-refractivity contribution is 0.650. The van der Waals surface area contributed by atoms with E-state index in [0.717, 1.165) is 23.5 Å². The van der Waals surface area contributed by atoms with Gasteiger partial charge in [-0.1, -0.05) is 26.5 Å². The van der Waals surface area contributed by atoms with Crippen LogP contribution in [0.25, 0.3) is 0 Å². The predicted octanol–water partition coefficient (Wildman–Crippen LogP) is 3.01. The highest BCUT2D eigenvalue weighted by Crippen LogP contribution is 2.15. The molecule has 0 bridgehead atoms. The minimum Gasteiger partial charge on any atom is -0.346 e. The lowest BCUT2D eigenvalue weighted by Crippen LogP contribution is -2.14. The topological polar surface area (TPSA) is 24.4 Å². The number of allylic oxidation sites excluding steroid dienone is 2. The maximum absolute atomic E-state index is 4.48. The molecule has 1 atom stereocenters. The van der Waals surface area contributed by atoms with Gasteiger partial charge in [-0.25, -0.2) is 4.99 Å². The van der Waals surface area contributed by atoms with Crippen LogP contribution in [0.4, 0.5) is 0 Å². The zero-order chi connectivity index (χ0) is 10.6. The van der Waals surface area contributed by atoms with Gasteiger partial charge in [0.1, 0.15) is 5.84 Å². The van der Waals surface area contributed by atoms with Gasteiger partial charge in [0, 0.05) is 17.5 Å². The molecular weight excluding hydrogens is 172 g/mol. The lowest BCUT2D eigenvalue weighted by atomic mass is 10.1. The van der Waals surface area contributed by atoms with Crippen LogP contribution in [0.15, 0.2) is 41.2 Å². The van der Waals surface area contributed by atoms with Crippen LogP contribution in [0.3, 0.4) is 0 Å². The molecule has 1 unspecified atom stereocenters. The van der Waals surface area contributed by atoms with Gasteiger partial charge in [-0.2, -0.15) is 0 Å². The first kappa shape index (κ1) is 10.8. The van der Waals surface area contributed by atoms with Crippen molar-refractivity contribution >= 4 is 5.84 Å².